The second-order valence-corrected chi connectivity index (χ2v) is 8.92. The molecule has 5 rings (SSSR count). The number of para-hydroxylation sites is 2. The Bertz CT molecular complexity index is 1390. The summed E-state index contributed by atoms with van der Waals surface area (Å²) in [5.41, 5.74) is 0.988. The van der Waals surface area contributed by atoms with Gasteiger partial charge in [-0.15, -0.1) is 0 Å². The monoisotopic (exact) mass is 475 g/mol. The summed E-state index contributed by atoms with van der Waals surface area (Å²) < 4.78 is 21.5. The molecule has 8 heteroatoms. The predicted molar refractivity (Wildman–Crippen MR) is 130 cm³/mol. The summed E-state index contributed by atoms with van der Waals surface area (Å²) in [6.45, 7) is 1.94. The maximum atomic E-state index is 14.9. The molecule has 1 fully saturated rings. The summed E-state index contributed by atoms with van der Waals surface area (Å²) in [4.78, 5) is 33.6. The molecule has 2 heterocycles. The van der Waals surface area contributed by atoms with E-state index in [0.29, 0.717) is 37.2 Å². The molecule has 34 heavy (non-hydrogen) atoms. The lowest BCUT2D eigenvalue weighted by atomic mass is 10.1. The van der Waals surface area contributed by atoms with Crippen LogP contribution in [0.25, 0.3) is 16.6 Å². The van der Waals surface area contributed by atoms with E-state index < -0.39 is 11.1 Å². The number of benzene rings is 3. The van der Waals surface area contributed by atoms with Crippen molar-refractivity contribution in [3.63, 3.8) is 0 Å². The number of hydrogen-bond acceptors (Lipinski definition) is 5. The van der Waals surface area contributed by atoms with Gasteiger partial charge in [0.25, 0.3) is 5.56 Å². The number of hydrogen-bond donors (Lipinski definition) is 0. The van der Waals surface area contributed by atoms with E-state index in [1.807, 2.05) is 30.3 Å². The highest BCUT2D eigenvalue weighted by atomic mass is 32.2. The molecule has 0 saturated carbocycles. The van der Waals surface area contributed by atoms with E-state index in [1.54, 1.807) is 47.4 Å². The molecule has 1 amide bonds. The van der Waals surface area contributed by atoms with Crippen molar-refractivity contribution in [1.82, 2.24) is 14.5 Å². The topological polar surface area (TPSA) is 64.4 Å². The summed E-state index contributed by atoms with van der Waals surface area (Å²) in [5, 5.41) is -0.0273. The number of thioether (sulfide) groups is 1. The van der Waals surface area contributed by atoms with Gasteiger partial charge in [0.1, 0.15) is 11.1 Å². The SMILES string of the molecule is O=C(C(Sc1nc2ccccc2c(=O)n1-c1ccccc1F)c1ccccc1)N1CCOCC1. The Morgan fingerprint density at radius 1 is 0.941 bits per heavy atom. The van der Waals surface area contributed by atoms with Crippen molar-refractivity contribution in [2.45, 2.75) is 10.4 Å². The molecule has 1 aliphatic heterocycles. The molecule has 1 saturated heterocycles. The molecule has 0 aliphatic carbocycles. The molecule has 1 unspecified atom stereocenters. The fraction of sp³-hybridized carbons (Fsp3) is 0.192. The second-order valence-electron chi connectivity index (χ2n) is 7.85. The summed E-state index contributed by atoms with van der Waals surface area (Å²) in [7, 11) is 0. The normalized spacial score (nSPS) is 14.8. The Hall–Kier alpha value is -3.49. The minimum Gasteiger partial charge on any atom is -0.378 e. The largest absolute Gasteiger partial charge is 0.378 e. The molecular formula is C26H22FN3O3S. The van der Waals surface area contributed by atoms with Crippen molar-refractivity contribution in [1.29, 1.82) is 0 Å². The van der Waals surface area contributed by atoms with Crippen LogP contribution in [0.2, 0.25) is 0 Å². The third kappa shape index (κ3) is 4.34. The standard InChI is InChI=1S/C26H22FN3O3S/c27-20-11-5-7-13-22(20)30-24(31)19-10-4-6-12-21(19)28-26(30)34-23(18-8-2-1-3-9-18)25(32)29-14-16-33-17-15-29/h1-13,23H,14-17H2. The van der Waals surface area contributed by atoms with E-state index >= 15 is 0 Å². The average molecular weight is 476 g/mol. The van der Waals surface area contributed by atoms with E-state index in [9.17, 15) is 14.0 Å². The van der Waals surface area contributed by atoms with Crippen LogP contribution < -0.4 is 5.56 Å². The van der Waals surface area contributed by atoms with Gasteiger partial charge in [-0.1, -0.05) is 66.4 Å². The highest BCUT2D eigenvalue weighted by Crippen LogP contribution is 2.37. The van der Waals surface area contributed by atoms with Gasteiger partial charge in [0.15, 0.2) is 5.16 Å². The Labute approximate surface area is 200 Å². The number of aromatic nitrogens is 2. The first kappa shape index (κ1) is 22.3. The molecule has 1 atom stereocenters. The number of morpholine rings is 1. The summed E-state index contributed by atoms with van der Waals surface area (Å²) in [5.74, 6) is -0.638. The van der Waals surface area contributed by atoms with Crippen LogP contribution in [0, 0.1) is 5.82 Å². The van der Waals surface area contributed by atoms with Crippen LogP contribution in [0.4, 0.5) is 4.39 Å². The number of fused-ring (bicyclic) bond motifs is 1. The number of halogens is 1. The smallest absolute Gasteiger partial charge is 0.266 e. The molecule has 172 valence electrons. The third-order valence-corrected chi connectivity index (χ3v) is 6.91. The molecule has 0 N–H and O–H groups in total. The number of carbonyl (C=O) groups is 1. The van der Waals surface area contributed by atoms with Gasteiger partial charge >= 0.3 is 0 Å². The maximum Gasteiger partial charge on any atom is 0.266 e. The Morgan fingerprint density at radius 2 is 1.62 bits per heavy atom. The Kier molecular flexibility index (Phi) is 6.42. The van der Waals surface area contributed by atoms with Gasteiger partial charge in [-0.05, 0) is 29.8 Å². The lowest BCUT2D eigenvalue weighted by molar-refractivity contribution is -0.134. The zero-order chi connectivity index (χ0) is 23.5. The quantitative estimate of drug-likeness (QED) is 0.320. The predicted octanol–water partition coefficient (Wildman–Crippen LogP) is 4.22. The van der Waals surface area contributed by atoms with Crippen molar-refractivity contribution < 1.29 is 13.9 Å². The van der Waals surface area contributed by atoms with Crippen LogP contribution in [0.5, 0.6) is 0 Å². The van der Waals surface area contributed by atoms with Crippen molar-refractivity contribution in [2.75, 3.05) is 26.3 Å². The zero-order valence-corrected chi connectivity index (χ0v) is 19.1. The van der Waals surface area contributed by atoms with Gasteiger partial charge in [0.2, 0.25) is 5.91 Å². The molecule has 6 nitrogen and oxygen atoms in total. The number of carbonyl (C=O) groups excluding carboxylic acids is 1. The van der Waals surface area contributed by atoms with Crippen molar-refractivity contribution >= 4 is 28.6 Å². The highest BCUT2D eigenvalue weighted by molar-refractivity contribution is 8.00. The van der Waals surface area contributed by atoms with Crippen molar-refractivity contribution in [2.24, 2.45) is 0 Å². The fourth-order valence-electron chi connectivity index (χ4n) is 3.98. The van der Waals surface area contributed by atoms with E-state index in [2.05, 4.69) is 0 Å². The van der Waals surface area contributed by atoms with Gasteiger partial charge in [0, 0.05) is 13.1 Å². The third-order valence-electron chi connectivity index (χ3n) is 5.71. The number of nitrogens with zero attached hydrogens (tertiary/aromatic N) is 3. The lowest BCUT2D eigenvalue weighted by Crippen LogP contribution is -2.42. The van der Waals surface area contributed by atoms with Crippen LogP contribution in [0.15, 0.2) is 88.8 Å². The Morgan fingerprint density at radius 3 is 2.38 bits per heavy atom. The molecule has 1 aromatic heterocycles. The summed E-state index contributed by atoms with van der Waals surface area (Å²) in [6, 6.07) is 22.4. The molecule has 1 aliphatic rings. The van der Waals surface area contributed by atoms with Crippen LogP contribution in [0.1, 0.15) is 10.8 Å². The molecule has 4 aromatic rings. The highest BCUT2D eigenvalue weighted by Gasteiger charge is 2.30. The molecule has 0 radical (unpaired) electrons. The van der Waals surface area contributed by atoms with Gasteiger partial charge in [-0.2, -0.15) is 0 Å². The maximum absolute atomic E-state index is 14.9. The minimum absolute atomic E-state index is 0.0954. The Balaban J connectivity index is 1.67. The van der Waals surface area contributed by atoms with E-state index in [4.69, 9.17) is 9.72 Å². The van der Waals surface area contributed by atoms with Gasteiger partial charge < -0.3 is 9.64 Å². The van der Waals surface area contributed by atoms with Gasteiger partial charge in [-0.3, -0.25) is 14.2 Å². The minimum atomic E-state index is -0.662. The van der Waals surface area contributed by atoms with Crippen LogP contribution in [-0.2, 0) is 9.53 Å². The number of amides is 1. The van der Waals surface area contributed by atoms with E-state index in [1.165, 1.54) is 10.6 Å². The van der Waals surface area contributed by atoms with Crippen molar-refractivity contribution in [3.05, 3.63) is 101 Å². The lowest BCUT2D eigenvalue weighted by Gasteiger charge is -2.30. The van der Waals surface area contributed by atoms with Crippen LogP contribution in [0.3, 0.4) is 0 Å². The number of rotatable bonds is 5. The summed E-state index contributed by atoms with van der Waals surface area (Å²) >= 11 is 1.16. The molecule has 0 bridgehead atoms. The van der Waals surface area contributed by atoms with Crippen LogP contribution >= 0.6 is 11.8 Å². The van der Waals surface area contributed by atoms with Gasteiger partial charge in [-0.25, -0.2) is 9.37 Å². The molecule has 3 aromatic carbocycles. The molecular weight excluding hydrogens is 453 g/mol. The summed E-state index contributed by atoms with van der Waals surface area (Å²) in [6.07, 6.45) is 0. The molecule has 0 spiro atoms. The van der Waals surface area contributed by atoms with E-state index in [-0.39, 0.29) is 22.3 Å². The second kappa shape index (κ2) is 9.79. The fourth-order valence-corrected chi connectivity index (χ4v) is 5.17. The first-order valence-corrected chi connectivity index (χ1v) is 11.9. The zero-order valence-electron chi connectivity index (χ0n) is 18.3. The van der Waals surface area contributed by atoms with Gasteiger partial charge in [0.05, 0.1) is 29.8 Å². The number of ether oxygens (including phenoxy) is 1. The van der Waals surface area contributed by atoms with Crippen LogP contribution in [-0.4, -0.2) is 46.7 Å². The average Bonchev–Trinajstić information content (AvgIpc) is 2.89. The first-order valence-electron chi connectivity index (χ1n) is 11.0. The first-order chi connectivity index (χ1) is 16.6. The van der Waals surface area contributed by atoms with E-state index in [0.717, 1.165) is 17.3 Å². The van der Waals surface area contributed by atoms with Crippen molar-refractivity contribution in [3.8, 4) is 5.69 Å².